The van der Waals surface area contributed by atoms with Crippen LogP contribution >= 0.6 is 12.0 Å². The first-order chi connectivity index (χ1) is 5.24. The molecule has 1 aromatic rings. The molecular formula is C8H8O2S. The van der Waals surface area contributed by atoms with Crippen LogP contribution < -0.4 is 0 Å². The quantitative estimate of drug-likeness (QED) is 0.544. The highest BCUT2D eigenvalue weighted by molar-refractivity contribution is 7.93. The molecule has 0 aliphatic carbocycles. The Hall–Kier alpha value is -0.800. The minimum absolute atomic E-state index is 0.0147. The Balaban J connectivity index is 3.01. The second kappa shape index (κ2) is 3.55. The van der Waals surface area contributed by atoms with Gasteiger partial charge in [-0.1, -0.05) is 12.1 Å². The largest absolute Gasteiger partial charge is 0.325 e. The molecule has 0 atom stereocenters. The Morgan fingerprint density at radius 2 is 2.27 bits per heavy atom. The molecule has 0 radical (unpaired) electrons. The highest BCUT2D eigenvalue weighted by Crippen LogP contribution is 2.15. The highest BCUT2D eigenvalue weighted by Gasteiger charge is 1.98. The third-order valence-corrected chi connectivity index (χ3v) is 1.81. The van der Waals surface area contributed by atoms with Crippen LogP contribution in [0.2, 0.25) is 0 Å². The third-order valence-electron chi connectivity index (χ3n) is 1.35. The van der Waals surface area contributed by atoms with Gasteiger partial charge in [-0.2, -0.15) is 0 Å². The van der Waals surface area contributed by atoms with Crippen molar-refractivity contribution in [1.82, 2.24) is 0 Å². The van der Waals surface area contributed by atoms with E-state index in [0.717, 1.165) is 0 Å². The van der Waals surface area contributed by atoms with Gasteiger partial charge in [0.1, 0.15) is 0 Å². The minimum atomic E-state index is 0.0147. The van der Waals surface area contributed by atoms with Crippen molar-refractivity contribution in [2.24, 2.45) is 0 Å². The molecule has 11 heavy (non-hydrogen) atoms. The zero-order valence-electron chi connectivity index (χ0n) is 6.07. The summed E-state index contributed by atoms with van der Waals surface area (Å²) in [6.07, 6.45) is 0. The van der Waals surface area contributed by atoms with Gasteiger partial charge in [0.2, 0.25) is 0 Å². The molecule has 0 bridgehead atoms. The molecule has 58 valence electrons. The van der Waals surface area contributed by atoms with Crippen molar-refractivity contribution in [3.8, 4) is 0 Å². The Kier molecular flexibility index (Phi) is 2.68. The van der Waals surface area contributed by atoms with Crippen molar-refractivity contribution >= 4 is 17.8 Å². The lowest BCUT2D eigenvalue weighted by molar-refractivity contribution is 0.101. The fourth-order valence-corrected chi connectivity index (χ4v) is 1.09. The Bertz CT molecular complexity index is 271. The van der Waals surface area contributed by atoms with Gasteiger partial charge in [0.15, 0.2) is 5.78 Å². The molecule has 2 nitrogen and oxygen atoms in total. The van der Waals surface area contributed by atoms with Crippen LogP contribution in [-0.4, -0.2) is 10.3 Å². The van der Waals surface area contributed by atoms with Crippen molar-refractivity contribution in [3.63, 3.8) is 0 Å². The van der Waals surface area contributed by atoms with Crippen molar-refractivity contribution in [2.75, 3.05) is 0 Å². The molecule has 0 saturated heterocycles. The monoisotopic (exact) mass is 168 g/mol. The van der Waals surface area contributed by atoms with E-state index in [1.54, 1.807) is 24.3 Å². The molecule has 0 unspecified atom stereocenters. The lowest BCUT2D eigenvalue weighted by Gasteiger charge is -1.96. The van der Waals surface area contributed by atoms with Gasteiger partial charge >= 0.3 is 0 Å². The lowest BCUT2D eigenvalue weighted by atomic mass is 10.2. The Labute approximate surface area is 69.4 Å². The van der Waals surface area contributed by atoms with Crippen LogP contribution in [-0.2, 0) is 0 Å². The summed E-state index contributed by atoms with van der Waals surface area (Å²) in [7, 11) is 0. The van der Waals surface area contributed by atoms with Crippen LogP contribution in [0.1, 0.15) is 17.3 Å². The average molecular weight is 168 g/mol. The molecule has 1 aromatic carbocycles. The number of benzene rings is 1. The molecule has 0 heterocycles. The predicted molar refractivity (Wildman–Crippen MR) is 44.9 cm³/mol. The molecule has 0 fully saturated rings. The summed E-state index contributed by atoms with van der Waals surface area (Å²) < 4.78 is 8.65. The van der Waals surface area contributed by atoms with E-state index in [4.69, 9.17) is 4.55 Å². The third kappa shape index (κ3) is 2.06. The number of Topliss-reactive ketones (excluding diaryl/α,β-unsaturated/α-hetero) is 1. The summed E-state index contributed by atoms with van der Waals surface area (Å²) in [4.78, 5) is 11.5. The standard InChI is InChI=1S/C8H8O2S/c1-6(9)7-3-2-4-8(5-7)11-10/h2-5,10H,1H3. The normalized spacial score (nSPS) is 9.64. The zero-order valence-corrected chi connectivity index (χ0v) is 6.89. The molecule has 0 spiro atoms. The van der Waals surface area contributed by atoms with Crippen LogP contribution in [0.3, 0.4) is 0 Å². The average Bonchev–Trinajstić information content (AvgIpc) is 2.05. The fraction of sp³-hybridized carbons (Fsp3) is 0.125. The van der Waals surface area contributed by atoms with Crippen LogP contribution in [0.4, 0.5) is 0 Å². The van der Waals surface area contributed by atoms with Gasteiger partial charge < -0.3 is 4.55 Å². The van der Waals surface area contributed by atoms with E-state index in [2.05, 4.69) is 0 Å². The Morgan fingerprint density at radius 1 is 1.55 bits per heavy atom. The molecular weight excluding hydrogens is 160 g/mol. The highest BCUT2D eigenvalue weighted by atomic mass is 32.2. The number of hydrogen-bond donors (Lipinski definition) is 1. The van der Waals surface area contributed by atoms with Crippen LogP contribution in [0, 0.1) is 0 Å². The van der Waals surface area contributed by atoms with Gasteiger partial charge in [-0.15, -0.1) is 0 Å². The molecule has 1 rings (SSSR count). The smallest absolute Gasteiger partial charge is 0.159 e. The number of carbonyl (C=O) groups is 1. The van der Waals surface area contributed by atoms with Gasteiger partial charge in [0, 0.05) is 22.5 Å². The number of carbonyl (C=O) groups excluding carboxylic acids is 1. The van der Waals surface area contributed by atoms with Gasteiger partial charge in [-0.05, 0) is 19.1 Å². The van der Waals surface area contributed by atoms with E-state index in [1.165, 1.54) is 6.92 Å². The van der Waals surface area contributed by atoms with Crippen molar-refractivity contribution < 1.29 is 9.35 Å². The van der Waals surface area contributed by atoms with Crippen LogP contribution in [0.15, 0.2) is 29.2 Å². The second-order valence-corrected chi connectivity index (χ2v) is 2.83. The summed E-state index contributed by atoms with van der Waals surface area (Å²) in [5.74, 6) is 0.0147. The molecule has 0 amide bonds. The summed E-state index contributed by atoms with van der Waals surface area (Å²) in [6, 6.07) is 6.88. The SMILES string of the molecule is CC(=O)c1cccc(SO)c1. The van der Waals surface area contributed by atoms with E-state index in [-0.39, 0.29) is 5.78 Å². The van der Waals surface area contributed by atoms with Crippen molar-refractivity contribution in [3.05, 3.63) is 29.8 Å². The maximum Gasteiger partial charge on any atom is 0.159 e. The van der Waals surface area contributed by atoms with Crippen molar-refractivity contribution in [2.45, 2.75) is 11.8 Å². The molecule has 3 heteroatoms. The van der Waals surface area contributed by atoms with Crippen molar-refractivity contribution in [1.29, 1.82) is 0 Å². The topological polar surface area (TPSA) is 37.3 Å². The first kappa shape index (κ1) is 8.30. The molecule has 0 aliphatic heterocycles. The van der Waals surface area contributed by atoms with E-state index >= 15 is 0 Å². The van der Waals surface area contributed by atoms with E-state index in [9.17, 15) is 4.79 Å². The van der Waals surface area contributed by atoms with Gasteiger partial charge in [-0.25, -0.2) is 0 Å². The summed E-state index contributed by atoms with van der Waals surface area (Å²) >= 11 is 0.648. The fourth-order valence-electron chi connectivity index (χ4n) is 0.772. The molecule has 0 aliphatic rings. The summed E-state index contributed by atoms with van der Waals surface area (Å²) in [6.45, 7) is 1.50. The van der Waals surface area contributed by atoms with Gasteiger partial charge in [0.25, 0.3) is 0 Å². The number of ketones is 1. The first-order valence-corrected chi connectivity index (χ1v) is 3.94. The predicted octanol–water partition coefficient (Wildman–Crippen LogP) is 2.45. The summed E-state index contributed by atoms with van der Waals surface area (Å²) in [5, 5.41) is 0. The second-order valence-electron chi connectivity index (χ2n) is 2.18. The van der Waals surface area contributed by atoms with E-state index in [0.29, 0.717) is 22.5 Å². The minimum Gasteiger partial charge on any atom is -0.325 e. The summed E-state index contributed by atoms with van der Waals surface area (Å²) in [5.41, 5.74) is 0.629. The zero-order chi connectivity index (χ0) is 8.27. The molecule has 0 saturated carbocycles. The van der Waals surface area contributed by atoms with Crippen LogP contribution in [0.5, 0.6) is 0 Å². The van der Waals surface area contributed by atoms with E-state index < -0.39 is 0 Å². The molecule has 0 aromatic heterocycles. The number of hydrogen-bond acceptors (Lipinski definition) is 3. The number of rotatable bonds is 2. The van der Waals surface area contributed by atoms with Gasteiger partial charge in [0.05, 0.1) is 0 Å². The maximum atomic E-state index is 10.8. The first-order valence-electron chi connectivity index (χ1n) is 3.16. The lowest BCUT2D eigenvalue weighted by Crippen LogP contribution is -1.90. The Morgan fingerprint density at radius 3 is 2.82 bits per heavy atom. The maximum absolute atomic E-state index is 10.8. The van der Waals surface area contributed by atoms with Crippen LogP contribution in [0.25, 0.3) is 0 Å². The molecule has 1 N–H and O–H groups in total. The van der Waals surface area contributed by atoms with E-state index in [1.807, 2.05) is 0 Å². The van der Waals surface area contributed by atoms with Gasteiger partial charge in [-0.3, -0.25) is 4.79 Å².